The number of hydrogen-bond donors (Lipinski definition) is 2. The van der Waals surface area contributed by atoms with Crippen LogP contribution in [0.2, 0.25) is 0 Å². The molecule has 2 aromatic rings. The third-order valence-corrected chi connectivity index (χ3v) is 4.83. The molecule has 0 atom stereocenters. The molecule has 0 radical (unpaired) electrons. The predicted octanol–water partition coefficient (Wildman–Crippen LogP) is 2.09. The number of rotatable bonds is 7. The maximum absolute atomic E-state index is 12.4. The molecule has 0 spiro atoms. The van der Waals surface area contributed by atoms with E-state index >= 15 is 0 Å². The second-order valence-corrected chi connectivity index (χ2v) is 6.92. The van der Waals surface area contributed by atoms with Gasteiger partial charge in [0.15, 0.2) is 0 Å². The Morgan fingerprint density at radius 2 is 2.04 bits per heavy atom. The SMILES string of the molecule is O=C(CCCc1nc2ccccc2c(=O)[nH]1)NC1CCN(CC(F)F)CC1. The number of H-pyrrole nitrogens is 1. The van der Waals surface area contributed by atoms with Gasteiger partial charge in [-0.25, -0.2) is 13.8 Å². The van der Waals surface area contributed by atoms with Gasteiger partial charge in [0.05, 0.1) is 17.4 Å². The third kappa shape index (κ3) is 5.56. The Morgan fingerprint density at radius 1 is 1.30 bits per heavy atom. The second-order valence-electron chi connectivity index (χ2n) is 6.92. The van der Waals surface area contributed by atoms with Crippen LogP contribution in [0.4, 0.5) is 8.78 Å². The lowest BCUT2D eigenvalue weighted by Gasteiger charge is -2.32. The molecule has 8 heteroatoms. The first-order valence-electron chi connectivity index (χ1n) is 9.29. The molecule has 27 heavy (non-hydrogen) atoms. The number of amides is 1. The van der Waals surface area contributed by atoms with Crippen LogP contribution in [0.3, 0.4) is 0 Å². The van der Waals surface area contributed by atoms with Gasteiger partial charge in [-0.05, 0) is 31.4 Å². The van der Waals surface area contributed by atoms with Gasteiger partial charge in [0.25, 0.3) is 12.0 Å². The monoisotopic (exact) mass is 378 g/mol. The highest BCUT2D eigenvalue weighted by atomic mass is 19.3. The number of aromatic amines is 1. The first-order chi connectivity index (χ1) is 13.0. The molecule has 1 fully saturated rings. The van der Waals surface area contributed by atoms with E-state index < -0.39 is 6.43 Å². The van der Waals surface area contributed by atoms with Gasteiger partial charge in [-0.3, -0.25) is 14.5 Å². The van der Waals surface area contributed by atoms with Crippen molar-refractivity contribution in [1.82, 2.24) is 20.2 Å². The number of nitrogens with zero attached hydrogens (tertiary/aromatic N) is 2. The van der Waals surface area contributed by atoms with Gasteiger partial charge < -0.3 is 10.3 Å². The minimum absolute atomic E-state index is 0.0463. The largest absolute Gasteiger partial charge is 0.353 e. The van der Waals surface area contributed by atoms with Gasteiger partial charge in [-0.2, -0.15) is 0 Å². The van der Waals surface area contributed by atoms with Crippen molar-refractivity contribution in [2.45, 2.75) is 44.6 Å². The molecule has 1 amide bonds. The molecular weight excluding hydrogens is 354 g/mol. The van der Waals surface area contributed by atoms with Gasteiger partial charge in [-0.1, -0.05) is 12.1 Å². The molecule has 1 aliphatic rings. The highest BCUT2D eigenvalue weighted by molar-refractivity contribution is 5.77. The molecule has 0 aliphatic carbocycles. The first-order valence-corrected chi connectivity index (χ1v) is 9.29. The van der Waals surface area contributed by atoms with Crippen molar-refractivity contribution in [3.05, 3.63) is 40.4 Å². The number of carbonyl (C=O) groups excluding carboxylic acids is 1. The van der Waals surface area contributed by atoms with Gasteiger partial charge in [0, 0.05) is 32.0 Å². The first kappa shape index (κ1) is 19.4. The summed E-state index contributed by atoms with van der Waals surface area (Å²) in [4.78, 5) is 33.0. The molecule has 0 saturated carbocycles. The number of likely N-dealkylation sites (tertiary alicyclic amines) is 1. The van der Waals surface area contributed by atoms with Crippen LogP contribution >= 0.6 is 0 Å². The van der Waals surface area contributed by atoms with Gasteiger partial charge in [0.2, 0.25) is 5.91 Å². The van der Waals surface area contributed by atoms with E-state index in [0.29, 0.717) is 61.9 Å². The molecule has 146 valence electrons. The number of aromatic nitrogens is 2. The smallest absolute Gasteiger partial charge is 0.258 e. The topological polar surface area (TPSA) is 78.1 Å². The molecule has 1 aromatic carbocycles. The fourth-order valence-electron chi connectivity index (χ4n) is 3.42. The molecule has 3 rings (SSSR count). The maximum atomic E-state index is 12.4. The van der Waals surface area contributed by atoms with E-state index in [1.807, 2.05) is 6.07 Å². The number of piperidine rings is 1. The van der Waals surface area contributed by atoms with Crippen molar-refractivity contribution < 1.29 is 13.6 Å². The zero-order valence-corrected chi connectivity index (χ0v) is 15.1. The second kappa shape index (κ2) is 9.03. The van der Waals surface area contributed by atoms with E-state index in [4.69, 9.17) is 0 Å². The minimum Gasteiger partial charge on any atom is -0.353 e. The van der Waals surface area contributed by atoms with Crippen molar-refractivity contribution in [3.63, 3.8) is 0 Å². The van der Waals surface area contributed by atoms with Crippen molar-refractivity contribution in [3.8, 4) is 0 Å². The number of hydrogen-bond acceptors (Lipinski definition) is 4. The van der Waals surface area contributed by atoms with E-state index in [-0.39, 0.29) is 24.1 Å². The van der Waals surface area contributed by atoms with E-state index in [2.05, 4.69) is 15.3 Å². The Morgan fingerprint density at radius 3 is 2.78 bits per heavy atom. The number of nitrogens with one attached hydrogen (secondary N) is 2. The van der Waals surface area contributed by atoms with Crippen molar-refractivity contribution in [1.29, 1.82) is 0 Å². The van der Waals surface area contributed by atoms with Crippen LogP contribution in [0.15, 0.2) is 29.1 Å². The van der Waals surface area contributed by atoms with Gasteiger partial charge >= 0.3 is 0 Å². The molecule has 0 unspecified atom stereocenters. The third-order valence-electron chi connectivity index (χ3n) is 4.83. The lowest BCUT2D eigenvalue weighted by Crippen LogP contribution is -2.45. The van der Waals surface area contributed by atoms with Crippen LogP contribution in [-0.2, 0) is 11.2 Å². The van der Waals surface area contributed by atoms with Gasteiger partial charge in [0.1, 0.15) is 5.82 Å². The van der Waals surface area contributed by atoms with E-state index in [9.17, 15) is 18.4 Å². The van der Waals surface area contributed by atoms with Crippen LogP contribution in [0, 0.1) is 0 Å². The summed E-state index contributed by atoms with van der Waals surface area (Å²) in [7, 11) is 0. The summed E-state index contributed by atoms with van der Waals surface area (Å²) in [6.07, 6.45) is 0.507. The summed E-state index contributed by atoms with van der Waals surface area (Å²) in [6.45, 7) is 0.965. The summed E-state index contributed by atoms with van der Waals surface area (Å²) in [5.74, 6) is 0.525. The normalized spacial score (nSPS) is 16.1. The summed E-state index contributed by atoms with van der Waals surface area (Å²) < 4.78 is 24.8. The van der Waals surface area contributed by atoms with Crippen molar-refractivity contribution in [2.24, 2.45) is 0 Å². The molecule has 1 aliphatic heterocycles. The number of fused-ring (bicyclic) bond motifs is 1. The average Bonchev–Trinajstić information content (AvgIpc) is 2.63. The van der Waals surface area contributed by atoms with Crippen LogP contribution in [-0.4, -0.2) is 52.9 Å². The average molecular weight is 378 g/mol. The zero-order chi connectivity index (χ0) is 19.2. The fourth-order valence-corrected chi connectivity index (χ4v) is 3.42. The number of halogens is 2. The standard InChI is InChI=1S/C19H24F2N4O2/c20-16(21)12-25-10-8-13(9-11-25)22-18(26)7-3-6-17-23-15-5-2-1-4-14(15)19(27)24-17/h1-2,4-5,13,16H,3,6-12H2,(H,22,26)(H,23,24,27). The lowest BCUT2D eigenvalue weighted by molar-refractivity contribution is -0.122. The Hall–Kier alpha value is -2.35. The van der Waals surface area contributed by atoms with Crippen molar-refractivity contribution in [2.75, 3.05) is 19.6 Å². The van der Waals surface area contributed by atoms with Crippen LogP contribution < -0.4 is 10.9 Å². The number of alkyl halides is 2. The van der Waals surface area contributed by atoms with Crippen LogP contribution in [0.25, 0.3) is 10.9 Å². The molecular formula is C19H24F2N4O2. The summed E-state index contributed by atoms with van der Waals surface area (Å²) >= 11 is 0. The Labute approximate surface area is 156 Å². The highest BCUT2D eigenvalue weighted by Crippen LogP contribution is 2.12. The van der Waals surface area contributed by atoms with Gasteiger partial charge in [-0.15, -0.1) is 0 Å². The molecule has 1 aromatic heterocycles. The summed E-state index contributed by atoms with van der Waals surface area (Å²) in [5.41, 5.74) is 0.479. The molecule has 2 heterocycles. The van der Waals surface area contributed by atoms with Crippen molar-refractivity contribution >= 4 is 16.8 Å². The van der Waals surface area contributed by atoms with E-state index in [1.54, 1.807) is 23.1 Å². The molecule has 0 bridgehead atoms. The number of benzene rings is 1. The lowest BCUT2D eigenvalue weighted by atomic mass is 10.0. The Balaban J connectivity index is 1.42. The number of para-hydroxylation sites is 1. The maximum Gasteiger partial charge on any atom is 0.258 e. The Kier molecular flexibility index (Phi) is 6.49. The van der Waals surface area contributed by atoms with Crippen LogP contribution in [0.1, 0.15) is 31.5 Å². The minimum atomic E-state index is -2.31. The van der Waals surface area contributed by atoms with Crippen LogP contribution in [0.5, 0.6) is 0 Å². The zero-order valence-electron chi connectivity index (χ0n) is 15.1. The van der Waals surface area contributed by atoms with E-state index in [1.165, 1.54) is 0 Å². The summed E-state index contributed by atoms with van der Waals surface area (Å²) in [5, 5.41) is 3.53. The fraction of sp³-hybridized carbons (Fsp3) is 0.526. The molecule has 1 saturated heterocycles. The summed E-state index contributed by atoms with van der Waals surface area (Å²) in [6, 6.07) is 7.19. The number of aryl methyl sites for hydroxylation is 1. The molecule has 6 nitrogen and oxygen atoms in total. The Bertz CT molecular complexity index is 832. The van der Waals surface area contributed by atoms with E-state index in [0.717, 1.165) is 0 Å². The predicted molar refractivity (Wildman–Crippen MR) is 98.9 cm³/mol. The highest BCUT2D eigenvalue weighted by Gasteiger charge is 2.22. The quantitative estimate of drug-likeness (QED) is 0.773. The number of carbonyl (C=O) groups is 1. The molecule has 2 N–H and O–H groups in total.